The summed E-state index contributed by atoms with van der Waals surface area (Å²) in [7, 11) is 1.61. The first-order valence-corrected chi connectivity index (χ1v) is 11.6. The molecule has 0 amide bonds. The van der Waals surface area contributed by atoms with Crippen molar-refractivity contribution in [3.63, 3.8) is 0 Å². The maximum atomic E-state index is 13.5. The van der Waals surface area contributed by atoms with Crippen LogP contribution in [-0.4, -0.2) is 50.7 Å². The van der Waals surface area contributed by atoms with Crippen molar-refractivity contribution in [3.8, 4) is 5.75 Å². The summed E-state index contributed by atoms with van der Waals surface area (Å²) in [5.74, 6) is -0.375. The summed E-state index contributed by atoms with van der Waals surface area (Å²) < 4.78 is 12.6. The van der Waals surface area contributed by atoms with E-state index in [1.54, 1.807) is 24.9 Å². The van der Waals surface area contributed by atoms with Gasteiger partial charge in [0.1, 0.15) is 28.9 Å². The Bertz CT molecular complexity index is 1160. The highest BCUT2D eigenvalue weighted by Gasteiger charge is 2.72. The number of carbonyl (C=O) groups excluding carboxylic acids is 2. The number of ether oxygens (including phenoxy) is 2. The van der Waals surface area contributed by atoms with E-state index in [0.717, 1.165) is 11.4 Å². The van der Waals surface area contributed by atoms with Crippen LogP contribution in [0.1, 0.15) is 44.8 Å². The molecular weight excluding hydrogens is 436 g/mol. The zero-order chi connectivity index (χ0) is 24.3. The van der Waals surface area contributed by atoms with Gasteiger partial charge in [-0.15, -0.1) is 5.10 Å². The van der Waals surface area contributed by atoms with E-state index in [9.17, 15) is 14.7 Å². The second-order valence-corrected chi connectivity index (χ2v) is 9.85. The number of aromatic nitrogens is 3. The van der Waals surface area contributed by atoms with Crippen molar-refractivity contribution in [1.29, 1.82) is 0 Å². The van der Waals surface area contributed by atoms with E-state index in [0.29, 0.717) is 30.7 Å². The molecule has 0 unspecified atom stereocenters. The van der Waals surface area contributed by atoms with Gasteiger partial charge in [-0.3, -0.25) is 4.79 Å². The number of benzene rings is 1. The molecule has 2 saturated carbocycles. The van der Waals surface area contributed by atoms with E-state index in [1.165, 1.54) is 0 Å². The molecule has 6 atom stereocenters. The molecule has 1 aliphatic heterocycles. The Labute approximate surface area is 198 Å². The van der Waals surface area contributed by atoms with Gasteiger partial charge in [-0.25, -0.2) is 9.48 Å². The average Bonchev–Trinajstić information content (AvgIpc) is 3.46. The van der Waals surface area contributed by atoms with Crippen LogP contribution in [0.5, 0.6) is 5.75 Å². The highest BCUT2D eigenvalue weighted by atomic mass is 16.6. The van der Waals surface area contributed by atoms with Crippen LogP contribution >= 0.6 is 0 Å². The van der Waals surface area contributed by atoms with Crippen LogP contribution in [0.4, 0.5) is 5.69 Å². The standard InChI is InChI=1S/C25H30N4O5/c1-14-9-10-17-15(2)23(31)34-22(17)24(3)21(30)11-20(25(14,24)32)29-13-16(27-28-29)12-26-18-7-5-6-8-19(18)33-4/h5-8,13-14,17,20,22,26,32H,2,9-12H2,1,3-4H3/t14-,17-,20-,22+,24-,25-/m0/s1. The largest absolute Gasteiger partial charge is 0.495 e. The van der Waals surface area contributed by atoms with Gasteiger partial charge in [0, 0.05) is 17.9 Å². The number of nitrogens with zero attached hydrogens (tertiary/aromatic N) is 3. The lowest BCUT2D eigenvalue weighted by Crippen LogP contribution is -2.59. The van der Waals surface area contributed by atoms with Gasteiger partial charge in [0.25, 0.3) is 0 Å². The number of anilines is 1. The summed E-state index contributed by atoms with van der Waals surface area (Å²) in [5.41, 5.74) is -0.821. The molecule has 3 fully saturated rings. The van der Waals surface area contributed by atoms with Gasteiger partial charge in [-0.05, 0) is 37.8 Å². The maximum absolute atomic E-state index is 13.5. The molecule has 2 N–H and O–H groups in total. The first-order valence-electron chi connectivity index (χ1n) is 11.6. The normalized spacial score (nSPS) is 34.9. The van der Waals surface area contributed by atoms with Crippen molar-refractivity contribution < 1.29 is 24.2 Å². The smallest absolute Gasteiger partial charge is 0.334 e. The van der Waals surface area contributed by atoms with Crippen molar-refractivity contribution in [2.45, 2.75) is 57.4 Å². The van der Waals surface area contributed by atoms with Crippen LogP contribution in [0.3, 0.4) is 0 Å². The second kappa shape index (κ2) is 7.94. The number of ketones is 1. The van der Waals surface area contributed by atoms with Gasteiger partial charge in [0.2, 0.25) is 0 Å². The predicted octanol–water partition coefficient (Wildman–Crippen LogP) is 2.68. The average molecular weight is 467 g/mol. The molecular formula is C25H30N4O5. The topological polar surface area (TPSA) is 116 Å². The second-order valence-electron chi connectivity index (χ2n) is 9.85. The van der Waals surface area contributed by atoms with Gasteiger partial charge in [0.15, 0.2) is 0 Å². The van der Waals surface area contributed by atoms with Gasteiger partial charge in [0.05, 0.1) is 37.0 Å². The van der Waals surface area contributed by atoms with E-state index < -0.39 is 29.1 Å². The molecule has 2 heterocycles. The molecule has 9 nitrogen and oxygen atoms in total. The van der Waals surface area contributed by atoms with Crippen molar-refractivity contribution in [1.82, 2.24) is 15.0 Å². The summed E-state index contributed by atoms with van der Waals surface area (Å²) in [4.78, 5) is 25.8. The lowest BCUT2D eigenvalue weighted by Gasteiger charge is -2.46. The molecule has 3 aliphatic rings. The highest BCUT2D eigenvalue weighted by Crippen LogP contribution is 2.61. The summed E-state index contributed by atoms with van der Waals surface area (Å²) in [6.07, 6.45) is 2.41. The van der Waals surface area contributed by atoms with Crippen LogP contribution in [0, 0.1) is 17.3 Å². The lowest BCUT2D eigenvalue weighted by atomic mass is 9.64. The lowest BCUT2D eigenvalue weighted by molar-refractivity contribution is -0.178. The minimum Gasteiger partial charge on any atom is -0.495 e. The Kier molecular flexibility index (Phi) is 5.27. The fourth-order valence-corrected chi connectivity index (χ4v) is 6.26. The zero-order valence-corrected chi connectivity index (χ0v) is 19.7. The van der Waals surface area contributed by atoms with Gasteiger partial charge < -0.3 is 19.9 Å². The molecule has 2 aliphatic carbocycles. The van der Waals surface area contributed by atoms with E-state index in [-0.39, 0.29) is 24.0 Å². The Morgan fingerprint density at radius 3 is 2.85 bits per heavy atom. The first kappa shape index (κ1) is 22.6. The number of carbonyl (C=O) groups is 2. The molecule has 34 heavy (non-hydrogen) atoms. The number of Topliss-reactive ketones (excluding diaryl/α,β-unsaturated/α-hetero) is 1. The van der Waals surface area contributed by atoms with Crippen LogP contribution in [0.15, 0.2) is 42.6 Å². The van der Waals surface area contributed by atoms with Crippen LogP contribution < -0.4 is 10.1 Å². The van der Waals surface area contributed by atoms with E-state index in [4.69, 9.17) is 9.47 Å². The summed E-state index contributed by atoms with van der Waals surface area (Å²) >= 11 is 0. The van der Waals surface area contributed by atoms with Gasteiger partial charge >= 0.3 is 5.97 Å². The van der Waals surface area contributed by atoms with E-state index >= 15 is 0 Å². The fourth-order valence-electron chi connectivity index (χ4n) is 6.26. The molecule has 1 aromatic heterocycles. The van der Waals surface area contributed by atoms with Crippen LogP contribution in [0.25, 0.3) is 0 Å². The Morgan fingerprint density at radius 1 is 1.32 bits per heavy atom. The SMILES string of the molecule is C=C1C(=O)O[C@@H]2[C@H]1CC[C@H](C)[C@]1(O)[C@@H](n3cc(CNc4ccccc4OC)nn3)CC(=O)[C@@]21C. The van der Waals surface area contributed by atoms with Crippen LogP contribution in [-0.2, 0) is 20.9 Å². The third kappa shape index (κ3) is 3.02. The van der Waals surface area contributed by atoms with Gasteiger partial charge in [-0.1, -0.05) is 30.8 Å². The minimum absolute atomic E-state index is 0.0906. The highest BCUT2D eigenvalue weighted by molar-refractivity contribution is 5.95. The number of rotatable bonds is 5. The zero-order valence-electron chi connectivity index (χ0n) is 19.7. The quantitative estimate of drug-likeness (QED) is 0.511. The molecule has 5 rings (SSSR count). The molecule has 1 aromatic carbocycles. The number of esters is 1. The monoisotopic (exact) mass is 466 g/mol. The van der Waals surface area contributed by atoms with Crippen molar-refractivity contribution in [2.24, 2.45) is 17.3 Å². The Balaban J connectivity index is 1.44. The summed E-state index contributed by atoms with van der Waals surface area (Å²) in [6, 6.07) is 6.97. The summed E-state index contributed by atoms with van der Waals surface area (Å²) in [5, 5.41) is 24.1. The van der Waals surface area contributed by atoms with Crippen molar-refractivity contribution in [3.05, 3.63) is 48.3 Å². The first-order chi connectivity index (χ1) is 16.2. The molecule has 2 aromatic rings. The number of methoxy groups -OCH3 is 1. The fraction of sp³-hybridized carbons (Fsp3) is 0.520. The number of fused-ring (bicyclic) bond motifs is 3. The van der Waals surface area contributed by atoms with E-state index in [2.05, 4.69) is 22.2 Å². The maximum Gasteiger partial charge on any atom is 0.334 e. The number of para-hydroxylation sites is 2. The van der Waals surface area contributed by atoms with Crippen molar-refractivity contribution >= 4 is 17.4 Å². The van der Waals surface area contributed by atoms with Crippen molar-refractivity contribution in [2.75, 3.05) is 12.4 Å². The number of hydrogen-bond donors (Lipinski definition) is 2. The van der Waals surface area contributed by atoms with Crippen LogP contribution in [0.2, 0.25) is 0 Å². The molecule has 180 valence electrons. The third-order valence-corrected chi connectivity index (χ3v) is 8.28. The minimum atomic E-state index is -1.45. The molecule has 0 spiro atoms. The number of aliphatic hydroxyl groups is 1. The van der Waals surface area contributed by atoms with Gasteiger partial charge in [-0.2, -0.15) is 0 Å². The third-order valence-electron chi connectivity index (χ3n) is 8.28. The molecule has 9 heteroatoms. The summed E-state index contributed by atoms with van der Waals surface area (Å²) in [6.45, 7) is 8.00. The number of hydrogen-bond acceptors (Lipinski definition) is 8. The Morgan fingerprint density at radius 2 is 2.09 bits per heavy atom. The molecule has 0 bridgehead atoms. The predicted molar refractivity (Wildman–Crippen MR) is 123 cm³/mol. The number of nitrogens with one attached hydrogen (secondary N) is 1. The Hall–Kier alpha value is -3.20. The molecule has 0 radical (unpaired) electrons. The molecule has 1 saturated heterocycles. The van der Waals surface area contributed by atoms with E-state index in [1.807, 2.05) is 31.2 Å².